The predicted molar refractivity (Wildman–Crippen MR) is 241 cm³/mol. The SMILES string of the molecule is CCCCCC1(CCCCC)O[C@@H]2[C@H](O1)[C@H]1ON(Cc3ccccc3C=C3CCC4O[C@]4(C)CC[C@@H]4[C@@H]3CC4(C)C)[C@H]3C(=O)O[C@@H]2C[C@@]13C(=O)NCc1cccc(C(=O)NCCO)c1. The van der Waals surface area contributed by atoms with E-state index in [0.717, 1.165) is 74.5 Å². The van der Waals surface area contributed by atoms with E-state index in [-0.39, 0.29) is 55.5 Å². The first kappa shape index (κ1) is 45.5. The van der Waals surface area contributed by atoms with E-state index >= 15 is 4.79 Å². The van der Waals surface area contributed by atoms with Crippen LogP contribution in [-0.4, -0.2) is 89.1 Å². The second kappa shape index (κ2) is 18.2. The topological polar surface area (TPSA) is 148 Å². The number of hydroxylamine groups is 2. The van der Waals surface area contributed by atoms with Crippen molar-refractivity contribution in [2.45, 2.75) is 186 Å². The molecule has 12 heteroatoms. The van der Waals surface area contributed by atoms with Gasteiger partial charge in [0.25, 0.3) is 5.91 Å². The van der Waals surface area contributed by atoms with Gasteiger partial charge in [-0.15, -0.1) is 0 Å². The predicted octanol–water partition coefficient (Wildman–Crippen LogP) is 7.94. The standard InChI is InChI=1S/C52H71N3O9/c1-6-8-12-22-51(23-13-9-7-2)62-42-40-30-52(48(59)54-31-33-15-14-18-36(27-33)46(57)53-25-26-56)44(47(58)60-40)55(64-45(52)43(42)63-51)32-37-17-11-10-16-34(37)28-35-19-20-41-50(5,61-41)24-21-39-38(35)29-49(39,3)4/h10-11,14-18,27-28,38-45,56H,6-9,12-13,19-26,29-32H2,1-5H3,(H,53,57)(H,54,59)/t38-,39-,40-,41?,42+,43+,44+,45-,50-,52+/m1/s1. The Morgan fingerprint density at radius 3 is 2.42 bits per heavy atom. The van der Waals surface area contributed by atoms with E-state index in [1.807, 2.05) is 12.1 Å². The zero-order valence-electron chi connectivity index (χ0n) is 38.7. The van der Waals surface area contributed by atoms with Gasteiger partial charge < -0.3 is 34.7 Å². The third-order valence-corrected chi connectivity index (χ3v) is 16.2. The van der Waals surface area contributed by atoms with E-state index in [1.165, 1.54) is 18.4 Å². The third kappa shape index (κ3) is 8.49. The Balaban J connectivity index is 1.04. The van der Waals surface area contributed by atoms with Crippen LogP contribution in [0, 0.1) is 22.7 Å². The summed E-state index contributed by atoms with van der Waals surface area (Å²) in [5.74, 6) is -0.858. The number of aliphatic hydroxyl groups excluding tert-OH is 1. The molecule has 4 aliphatic heterocycles. The Labute approximate surface area is 379 Å². The first-order valence-electron chi connectivity index (χ1n) is 24.6. The van der Waals surface area contributed by atoms with E-state index in [2.05, 4.69) is 69.5 Å². The van der Waals surface area contributed by atoms with E-state index < -0.39 is 47.6 Å². The molecule has 2 aromatic carbocycles. The molecule has 4 heterocycles. The Bertz CT molecular complexity index is 2080. The minimum absolute atomic E-state index is 0.00223. The largest absolute Gasteiger partial charge is 0.458 e. The maximum Gasteiger partial charge on any atom is 0.327 e. The van der Waals surface area contributed by atoms with Crippen molar-refractivity contribution in [3.05, 3.63) is 76.4 Å². The van der Waals surface area contributed by atoms with Gasteiger partial charge in [0.15, 0.2) is 11.8 Å². The van der Waals surface area contributed by atoms with E-state index in [0.29, 0.717) is 36.3 Å². The second-order valence-electron chi connectivity index (χ2n) is 20.9. The van der Waals surface area contributed by atoms with E-state index in [4.69, 9.17) is 23.8 Å². The molecule has 4 saturated heterocycles. The molecule has 348 valence electrons. The number of rotatable bonds is 17. The Hall–Kier alpha value is -3.65. The van der Waals surface area contributed by atoms with Crippen LogP contribution < -0.4 is 10.6 Å². The maximum atomic E-state index is 15.2. The molecule has 64 heavy (non-hydrogen) atoms. The number of fused-ring (bicyclic) bond motifs is 6. The van der Waals surface area contributed by atoms with Gasteiger partial charge in [0.05, 0.1) is 24.9 Å². The number of allylic oxidation sites excluding steroid dienone is 1. The van der Waals surface area contributed by atoms with Crippen molar-refractivity contribution in [3.8, 4) is 0 Å². The van der Waals surface area contributed by atoms with Crippen LogP contribution in [0.2, 0.25) is 0 Å². The normalized spacial score (nSPS) is 34.8. The lowest BCUT2D eigenvalue weighted by atomic mass is 9.52. The minimum atomic E-state index is -1.34. The van der Waals surface area contributed by atoms with Gasteiger partial charge in [0.1, 0.15) is 29.8 Å². The van der Waals surface area contributed by atoms with Gasteiger partial charge in [0.2, 0.25) is 5.91 Å². The number of esters is 1. The number of nitrogens with one attached hydrogen (secondary N) is 2. The van der Waals surface area contributed by atoms with Crippen LogP contribution in [-0.2, 0) is 46.5 Å². The van der Waals surface area contributed by atoms with Crippen LogP contribution in [0.3, 0.4) is 0 Å². The van der Waals surface area contributed by atoms with Crippen molar-refractivity contribution in [2.24, 2.45) is 22.7 Å². The molecular formula is C52H71N3O9. The van der Waals surface area contributed by atoms with Crippen LogP contribution in [0.5, 0.6) is 0 Å². The average molecular weight is 882 g/mol. The quantitative estimate of drug-likeness (QED) is 0.0813. The van der Waals surface area contributed by atoms with Gasteiger partial charge >= 0.3 is 5.97 Å². The summed E-state index contributed by atoms with van der Waals surface area (Å²) >= 11 is 0. The monoisotopic (exact) mass is 882 g/mol. The first-order chi connectivity index (χ1) is 30.8. The van der Waals surface area contributed by atoms with E-state index in [9.17, 15) is 14.7 Å². The van der Waals surface area contributed by atoms with Crippen LogP contribution in [0.25, 0.3) is 6.08 Å². The lowest BCUT2D eigenvalue weighted by molar-refractivity contribution is -0.224. The van der Waals surface area contributed by atoms with Crippen molar-refractivity contribution < 1.29 is 43.3 Å². The van der Waals surface area contributed by atoms with Crippen molar-refractivity contribution >= 4 is 23.9 Å². The Morgan fingerprint density at radius 1 is 0.906 bits per heavy atom. The molecule has 2 aromatic rings. The summed E-state index contributed by atoms with van der Waals surface area (Å²) in [5.41, 5.74) is 3.67. The molecule has 0 aromatic heterocycles. The van der Waals surface area contributed by atoms with Gasteiger partial charge in [0, 0.05) is 37.9 Å². The van der Waals surface area contributed by atoms with Crippen molar-refractivity contribution in [1.82, 2.24) is 15.7 Å². The average Bonchev–Trinajstić information content (AvgIpc) is 3.56. The lowest BCUT2D eigenvalue weighted by Crippen LogP contribution is -2.69. The molecule has 3 aliphatic carbocycles. The number of carbonyl (C=O) groups is 3. The molecule has 12 nitrogen and oxygen atoms in total. The van der Waals surface area contributed by atoms with Crippen molar-refractivity contribution in [3.63, 3.8) is 0 Å². The Morgan fingerprint density at radius 2 is 1.67 bits per heavy atom. The molecule has 9 rings (SSSR count). The fourth-order valence-corrected chi connectivity index (χ4v) is 12.5. The van der Waals surface area contributed by atoms with Crippen LogP contribution in [0.1, 0.15) is 152 Å². The molecule has 10 atom stereocenters. The van der Waals surface area contributed by atoms with Crippen LogP contribution >= 0.6 is 0 Å². The van der Waals surface area contributed by atoms with Crippen LogP contribution in [0.4, 0.5) is 0 Å². The number of carbonyl (C=O) groups excluding carboxylic acids is 3. The molecule has 1 unspecified atom stereocenters. The summed E-state index contributed by atoms with van der Waals surface area (Å²) in [5, 5.41) is 16.8. The summed E-state index contributed by atoms with van der Waals surface area (Å²) in [6, 6.07) is 14.4. The highest BCUT2D eigenvalue weighted by Gasteiger charge is 2.76. The summed E-state index contributed by atoms with van der Waals surface area (Å²) in [6.07, 6.45) is 13.2. The summed E-state index contributed by atoms with van der Waals surface area (Å²) < 4.78 is 26.8. The fourth-order valence-electron chi connectivity index (χ4n) is 12.5. The molecule has 3 saturated carbocycles. The second-order valence-corrected chi connectivity index (χ2v) is 20.9. The maximum absolute atomic E-state index is 15.2. The fraction of sp³-hybridized carbons (Fsp3) is 0.673. The Kier molecular flexibility index (Phi) is 12.9. The number of amides is 2. The first-order valence-corrected chi connectivity index (χ1v) is 24.6. The molecule has 0 spiro atoms. The zero-order valence-corrected chi connectivity index (χ0v) is 38.7. The number of hydrogen-bond acceptors (Lipinski definition) is 10. The molecule has 2 amide bonds. The van der Waals surface area contributed by atoms with Crippen molar-refractivity contribution in [1.29, 1.82) is 0 Å². The van der Waals surface area contributed by atoms with Gasteiger partial charge in [-0.25, -0.2) is 0 Å². The highest BCUT2D eigenvalue weighted by atomic mass is 16.8. The van der Waals surface area contributed by atoms with Gasteiger partial charge in [-0.3, -0.25) is 19.2 Å². The number of benzene rings is 2. The molecule has 7 aliphatic rings. The highest BCUT2D eigenvalue weighted by Crippen LogP contribution is 2.61. The third-order valence-electron chi connectivity index (χ3n) is 16.2. The van der Waals surface area contributed by atoms with Gasteiger partial charge in [-0.1, -0.05) is 101 Å². The number of ether oxygens (including phenoxy) is 4. The van der Waals surface area contributed by atoms with Crippen molar-refractivity contribution in [2.75, 3.05) is 13.2 Å². The zero-order chi connectivity index (χ0) is 44.9. The summed E-state index contributed by atoms with van der Waals surface area (Å²) in [7, 11) is 0. The summed E-state index contributed by atoms with van der Waals surface area (Å²) in [4.78, 5) is 49.6. The number of hydrogen-bond donors (Lipinski definition) is 3. The molecule has 2 bridgehead atoms. The minimum Gasteiger partial charge on any atom is -0.458 e. The smallest absolute Gasteiger partial charge is 0.327 e. The van der Waals surface area contributed by atoms with Gasteiger partial charge in [-0.05, 0) is 97.9 Å². The van der Waals surface area contributed by atoms with Gasteiger partial charge in [-0.2, -0.15) is 5.06 Å². The van der Waals surface area contributed by atoms with Crippen LogP contribution in [0.15, 0.2) is 54.1 Å². The molecular weight excluding hydrogens is 811 g/mol. The number of nitrogens with zero attached hydrogens (tertiary/aromatic N) is 1. The molecule has 0 radical (unpaired) electrons. The lowest BCUT2D eigenvalue weighted by Gasteiger charge is -2.53. The number of unbranched alkanes of at least 4 members (excludes halogenated alkanes) is 4. The summed E-state index contributed by atoms with van der Waals surface area (Å²) in [6.45, 7) is 11.8. The molecule has 3 N–H and O–H groups in total. The van der Waals surface area contributed by atoms with E-state index in [1.54, 1.807) is 23.3 Å². The molecule has 7 fully saturated rings. The number of epoxide rings is 1. The number of aliphatic hydroxyl groups is 1. The highest BCUT2D eigenvalue weighted by molar-refractivity contribution is 5.95.